The molecule has 7 heteroatoms. The lowest BCUT2D eigenvalue weighted by atomic mass is 10.2. The summed E-state index contributed by atoms with van der Waals surface area (Å²) in [4.78, 5) is 12.1. The zero-order valence-electron chi connectivity index (χ0n) is 17.0. The van der Waals surface area contributed by atoms with E-state index in [0.29, 0.717) is 24.0 Å². The molecule has 2 N–H and O–H groups in total. The number of carbonyl (C=O) groups is 1. The first-order valence-electron chi connectivity index (χ1n) is 9.16. The van der Waals surface area contributed by atoms with Crippen molar-refractivity contribution in [3.63, 3.8) is 0 Å². The molecule has 0 aliphatic rings. The van der Waals surface area contributed by atoms with Crippen LogP contribution in [-0.2, 0) is 4.79 Å². The van der Waals surface area contributed by atoms with Gasteiger partial charge in [0.15, 0.2) is 16.6 Å². The molecule has 2 rings (SSSR count). The lowest BCUT2D eigenvalue weighted by molar-refractivity contribution is -0.115. The molecule has 0 saturated heterocycles. The molecule has 0 spiro atoms. The summed E-state index contributed by atoms with van der Waals surface area (Å²) in [5.74, 6) is 2.13. The predicted molar refractivity (Wildman–Crippen MR) is 120 cm³/mol. The minimum Gasteiger partial charge on any atom is -0.493 e. The van der Waals surface area contributed by atoms with Gasteiger partial charge in [0.25, 0.3) is 0 Å². The van der Waals surface area contributed by atoms with Gasteiger partial charge in [-0.1, -0.05) is 19.9 Å². The van der Waals surface area contributed by atoms with Crippen molar-refractivity contribution < 1.29 is 19.0 Å². The van der Waals surface area contributed by atoms with E-state index in [1.54, 1.807) is 32.4 Å². The zero-order chi connectivity index (χ0) is 21.2. The molecule has 0 heterocycles. The summed E-state index contributed by atoms with van der Waals surface area (Å²) in [7, 11) is 3.13. The van der Waals surface area contributed by atoms with E-state index in [-0.39, 0.29) is 11.0 Å². The van der Waals surface area contributed by atoms with Crippen LogP contribution >= 0.6 is 12.2 Å². The molecule has 1 amide bonds. The summed E-state index contributed by atoms with van der Waals surface area (Å²) in [6.07, 6.45) is 3.07. The monoisotopic (exact) mass is 414 g/mol. The van der Waals surface area contributed by atoms with Crippen LogP contribution in [0.5, 0.6) is 17.2 Å². The summed E-state index contributed by atoms with van der Waals surface area (Å²) in [6.45, 7) is 4.85. The van der Waals surface area contributed by atoms with Crippen LogP contribution in [0, 0.1) is 5.92 Å². The van der Waals surface area contributed by atoms with Crippen molar-refractivity contribution in [3.8, 4) is 17.2 Å². The molecule has 0 radical (unpaired) electrons. The van der Waals surface area contributed by atoms with E-state index in [2.05, 4.69) is 24.5 Å². The molecule has 0 fully saturated rings. The van der Waals surface area contributed by atoms with Gasteiger partial charge in [-0.25, -0.2) is 0 Å². The van der Waals surface area contributed by atoms with Gasteiger partial charge < -0.3 is 19.5 Å². The molecule has 0 bridgehead atoms. The Morgan fingerprint density at radius 3 is 2.38 bits per heavy atom. The van der Waals surface area contributed by atoms with Gasteiger partial charge >= 0.3 is 0 Å². The Morgan fingerprint density at radius 2 is 1.76 bits per heavy atom. The lowest BCUT2D eigenvalue weighted by Gasteiger charge is -2.11. The van der Waals surface area contributed by atoms with Crippen LogP contribution in [0.3, 0.4) is 0 Å². The van der Waals surface area contributed by atoms with Gasteiger partial charge in [-0.3, -0.25) is 10.1 Å². The smallest absolute Gasteiger partial charge is 0.250 e. The molecule has 0 aliphatic heterocycles. The van der Waals surface area contributed by atoms with E-state index in [4.69, 9.17) is 26.4 Å². The minimum atomic E-state index is -0.339. The van der Waals surface area contributed by atoms with Gasteiger partial charge in [-0.05, 0) is 66.2 Å². The second kappa shape index (κ2) is 11.1. The Kier molecular flexibility index (Phi) is 8.48. The first kappa shape index (κ1) is 22.2. The molecule has 154 valence electrons. The second-order valence-corrected chi connectivity index (χ2v) is 7.03. The standard InChI is InChI=1S/C22H26N2O4S/c1-15(2)14-28-18-9-7-17(8-10-18)23-22(29)24-21(25)12-6-16-5-11-19(26-3)20(13-16)27-4/h5-13,15H,14H2,1-4H3,(H2,23,24,25,29)/b12-6+. The van der Waals surface area contributed by atoms with E-state index >= 15 is 0 Å². The van der Waals surface area contributed by atoms with E-state index < -0.39 is 0 Å². The van der Waals surface area contributed by atoms with Crippen molar-refractivity contribution in [1.29, 1.82) is 0 Å². The number of rotatable bonds is 8. The quantitative estimate of drug-likeness (QED) is 0.497. The van der Waals surface area contributed by atoms with E-state index in [1.807, 2.05) is 30.3 Å². The van der Waals surface area contributed by atoms with Crippen molar-refractivity contribution in [2.24, 2.45) is 5.92 Å². The van der Waals surface area contributed by atoms with E-state index in [0.717, 1.165) is 17.0 Å². The molecule has 0 aliphatic carbocycles. The van der Waals surface area contributed by atoms with Crippen LogP contribution in [-0.4, -0.2) is 31.8 Å². The zero-order valence-corrected chi connectivity index (χ0v) is 17.8. The van der Waals surface area contributed by atoms with Gasteiger partial charge in [0, 0.05) is 11.8 Å². The molecule has 6 nitrogen and oxygen atoms in total. The Labute approximate surface area is 176 Å². The Balaban J connectivity index is 1.87. The van der Waals surface area contributed by atoms with Crippen LogP contribution in [0.25, 0.3) is 6.08 Å². The Morgan fingerprint density at radius 1 is 1.07 bits per heavy atom. The van der Waals surface area contributed by atoms with Crippen LogP contribution < -0.4 is 24.8 Å². The second-order valence-electron chi connectivity index (χ2n) is 6.62. The van der Waals surface area contributed by atoms with E-state index in [9.17, 15) is 4.79 Å². The highest BCUT2D eigenvalue weighted by Gasteiger charge is 2.05. The third-order valence-electron chi connectivity index (χ3n) is 3.77. The molecular weight excluding hydrogens is 388 g/mol. The van der Waals surface area contributed by atoms with Crippen molar-refractivity contribution in [1.82, 2.24) is 5.32 Å². The highest BCUT2D eigenvalue weighted by molar-refractivity contribution is 7.80. The number of thiocarbonyl (C=S) groups is 1. The number of methoxy groups -OCH3 is 2. The number of nitrogens with one attached hydrogen (secondary N) is 2. The van der Waals surface area contributed by atoms with Gasteiger partial charge in [-0.2, -0.15) is 0 Å². The number of anilines is 1. The van der Waals surface area contributed by atoms with Crippen molar-refractivity contribution in [2.45, 2.75) is 13.8 Å². The molecule has 2 aromatic carbocycles. The summed E-state index contributed by atoms with van der Waals surface area (Å²) < 4.78 is 16.1. The summed E-state index contributed by atoms with van der Waals surface area (Å²) in [6, 6.07) is 12.8. The topological polar surface area (TPSA) is 68.8 Å². The van der Waals surface area contributed by atoms with Crippen molar-refractivity contribution in [2.75, 3.05) is 26.1 Å². The molecule has 2 aromatic rings. The average Bonchev–Trinajstić information content (AvgIpc) is 2.71. The largest absolute Gasteiger partial charge is 0.493 e. The van der Waals surface area contributed by atoms with E-state index in [1.165, 1.54) is 6.08 Å². The van der Waals surface area contributed by atoms with Crippen LogP contribution in [0.1, 0.15) is 19.4 Å². The molecule has 0 atom stereocenters. The van der Waals surface area contributed by atoms with Crippen LogP contribution in [0.15, 0.2) is 48.5 Å². The fourth-order valence-electron chi connectivity index (χ4n) is 2.34. The Bertz CT molecular complexity index is 864. The number of benzene rings is 2. The number of carbonyl (C=O) groups excluding carboxylic acids is 1. The van der Waals surface area contributed by atoms with Crippen molar-refractivity contribution in [3.05, 3.63) is 54.1 Å². The van der Waals surface area contributed by atoms with Crippen LogP contribution in [0.2, 0.25) is 0 Å². The number of ether oxygens (including phenoxy) is 3. The third kappa shape index (κ3) is 7.46. The van der Waals surface area contributed by atoms with Crippen molar-refractivity contribution >= 4 is 35.0 Å². The molecule has 0 saturated carbocycles. The average molecular weight is 415 g/mol. The summed E-state index contributed by atoms with van der Waals surface area (Å²) in [5, 5.41) is 5.79. The molecule has 0 aromatic heterocycles. The highest BCUT2D eigenvalue weighted by atomic mass is 32.1. The normalized spacial score (nSPS) is 10.7. The first-order chi connectivity index (χ1) is 13.9. The third-order valence-corrected chi connectivity index (χ3v) is 3.97. The van der Waals surface area contributed by atoms with Gasteiger partial charge in [0.1, 0.15) is 5.75 Å². The fourth-order valence-corrected chi connectivity index (χ4v) is 2.56. The predicted octanol–water partition coefficient (Wildman–Crippen LogP) is 4.27. The number of hydrogen-bond acceptors (Lipinski definition) is 5. The number of hydrogen-bond donors (Lipinski definition) is 2. The van der Waals surface area contributed by atoms with Gasteiger partial charge in [0.2, 0.25) is 5.91 Å². The van der Waals surface area contributed by atoms with Gasteiger partial charge in [-0.15, -0.1) is 0 Å². The first-order valence-corrected chi connectivity index (χ1v) is 9.57. The van der Waals surface area contributed by atoms with Crippen LogP contribution in [0.4, 0.5) is 5.69 Å². The molecule has 0 unspecified atom stereocenters. The Hall–Kier alpha value is -3.06. The maximum absolute atomic E-state index is 12.1. The summed E-state index contributed by atoms with van der Waals surface area (Å²) in [5.41, 5.74) is 1.56. The molecule has 29 heavy (non-hydrogen) atoms. The molecular formula is C22H26N2O4S. The maximum atomic E-state index is 12.1. The lowest BCUT2D eigenvalue weighted by Crippen LogP contribution is -2.32. The minimum absolute atomic E-state index is 0.211. The maximum Gasteiger partial charge on any atom is 0.250 e. The van der Waals surface area contributed by atoms with Gasteiger partial charge in [0.05, 0.1) is 20.8 Å². The number of amides is 1. The fraction of sp³-hybridized carbons (Fsp3) is 0.273. The highest BCUT2D eigenvalue weighted by Crippen LogP contribution is 2.27. The SMILES string of the molecule is COc1ccc(/C=C/C(=O)NC(=S)Nc2ccc(OCC(C)C)cc2)cc1OC. The summed E-state index contributed by atoms with van der Waals surface area (Å²) >= 11 is 5.19.